The number of nitrogens with zero attached hydrogens (tertiary/aromatic N) is 1. The van der Waals surface area contributed by atoms with Crippen molar-refractivity contribution in [3.63, 3.8) is 0 Å². The third-order valence-corrected chi connectivity index (χ3v) is 1.97. The molecule has 1 fully saturated rings. The molecule has 1 aliphatic rings. The van der Waals surface area contributed by atoms with E-state index in [9.17, 15) is 5.11 Å². The summed E-state index contributed by atoms with van der Waals surface area (Å²) in [5.41, 5.74) is 0. The molecule has 7 heteroatoms. The van der Waals surface area contributed by atoms with Crippen molar-refractivity contribution in [1.82, 2.24) is 5.39 Å². The molecule has 0 bridgehead atoms. The Morgan fingerprint density at radius 1 is 1.46 bits per heavy atom. The zero-order valence-corrected chi connectivity index (χ0v) is 7.07. The van der Waals surface area contributed by atoms with E-state index in [1.165, 1.54) is 0 Å². The Balaban J connectivity index is 2.53. The molecule has 1 aliphatic heterocycles. The molecule has 0 radical (unpaired) electrons. The predicted octanol–water partition coefficient (Wildman–Crippen LogP) is -1.49. The largest absolute Gasteiger partial charge is 0.394 e. The Morgan fingerprint density at radius 2 is 2.08 bits per heavy atom. The third-order valence-electron chi connectivity index (χ3n) is 1.97. The normalized spacial score (nSPS) is 40.2. The van der Waals surface area contributed by atoms with Gasteiger partial charge in [-0.15, -0.1) is 0 Å². The van der Waals surface area contributed by atoms with Crippen LogP contribution in [0.5, 0.6) is 0 Å². The van der Waals surface area contributed by atoms with Gasteiger partial charge in [-0.25, -0.2) is 4.84 Å². The third kappa shape index (κ3) is 2.35. The van der Waals surface area contributed by atoms with Crippen LogP contribution in [0, 0.1) is 0 Å². The van der Waals surface area contributed by atoms with Crippen molar-refractivity contribution in [3.8, 4) is 0 Å². The van der Waals surface area contributed by atoms with E-state index in [4.69, 9.17) is 20.3 Å². The number of hydrogen-bond donors (Lipinski definition) is 4. The number of ether oxygens (including phenoxy) is 1. The predicted molar refractivity (Wildman–Crippen MR) is 37.7 cm³/mol. The van der Waals surface area contributed by atoms with E-state index in [2.05, 4.69) is 4.84 Å². The van der Waals surface area contributed by atoms with Crippen LogP contribution in [0.4, 0.5) is 0 Å². The number of aliphatic hydroxyl groups is 2. The van der Waals surface area contributed by atoms with E-state index in [1.807, 2.05) is 0 Å². The molecule has 1 rings (SSSR count). The second kappa shape index (κ2) is 4.29. The van der Waals surface area contributed by atoms with Gasteiger partial charge in [-0.05, 0) is 6.92 Å². The van der Waals surface area contributed by atoms with Gasteiger partial charge >= 0.3 is 0 Å². The van der Waals surface area contributed by atoms with Crippen molar-refractivity contribution in [3.05, 3.63) is 0 Å². The minimum absolute atomic E-state index is 0.345. The fourth-order valence-corrected chi connectivity index (χ4v) is 1.33. The van der Waals surface area contributed by atoms with Gasteiger partial charge in [0, 0.05) is 0 Å². The van der Waals surface area contributed by atoms with Crippen molar-refractivity contribution < 1.29 is 30.2 Å². The molecule has 0 aromatic carbocycles. The molecule has 13 heavy (non-hydrogen) atoms. The second-order valence-electron chi connectivity index (χ2n) is 2.88. The Morgan fingerprint density at radius 3 is 2.46 bits per heavy atom. The molecule has 1 saturated heterocycles. The van der Waals surface area contributed by atoms with E-state index >= 15 is 0 Å². The van der Waals surface area contributed by atoms with Crippen LogP contribution in [-0.4, -0.2) is 57.0 Å². The van der Waals surface area contributed by atoms with E-state index < -0.39 is 29.8 Å². The Bertz CT molecular complexity index is 165. The molecule has 0 aromatic rings. The maximum Gasteiger partial charge on any atom is 0.139 e. The highest BCUT2D eigenvalue weighted by Gasteiger charge is 2.43. The molecule has 78 valence electrons. The van der Waals surface area contributed by atoms with Crippen molar-refractivity contribution in [2.24, 2.45) is 0 Å². The number of aliphatic hydroxyl groups excluding tert-OH is 2. The van der Waals surface area contributed by atoms with Gasteiger partial charge < -0.3 is 14.9 Å². The summed E-state index contributed by atoms with van der Waals surface area (Å²) in [5.74, 6) is 0. The lowest BCUT2D eigenvalue weighted by atomic mass is 10.1. The Hall–Kier alpha value is -0.280. The highest BCUT2D eigenvalue weighted by Crippen LogP contribution is 2.23. The molecule has 0 amide bonds. The van der Waals surface area contributed by atoms with Gasteiger partial charge in [-0.2, -0.15) is 0 Å². The first-order valence-electron chi connectivity index (χ1n) is 3.85. The van der Waals surface area contributed by atoms with Crippen molar-refractivity contribution in [1.29, 1.82) is 0 Å². The molecule has 0 saturated carbocycles. The van der Waals surface area contributed by atoms with Crippen molar-refractivity contribution >= 4 is 0 Å². The van der Waals surface area contributed by atoms with Crippen LogP contribution in [0.25, 0.3) is 0 Å². The molecule has 2 unspecified atom stereocenters. The second-order valence-corrected chi connectivity index (χ2v) is 2.88. The van der Waals surface area contributed by atoms with E-state index in [0.29, 0.717) is 0 Å². The first kappa shape index (κ1) is 10.8. The molecule has 0 spiro atoms. The fourth-order valence-electron chi connectivity index (χ4n) is 1.33. The maximum atomic E-state index is 9.41. The summed E-state index contributed by atoms with van der Waals surface area (Å²) in [7, 11) is 0. The highest BCUT2D eigenvalue weighted by atomic mass is 17.1. The minimum atomic E-state index is -1.08. The SMILES string of the molecule is C[C@@H]1O[C@H](CO)C(O)C1ON(O)O. The van der Waals surface area contributed by atoms with Crippen molar-refractivity contribution in [2.75, 3.05) is 6.61 Å². The maximum absolute atomic E-state index is 9.41. The van der Waals surface area contributed by atoms with Gasteiger partial charge in [0.05, 0.1) is 18.1 Å². The molecule has 7 nitrogen and oxygen atoms in total. The van der Waals surface area contributed by atoms with Gasteiger partial charge in [0.1, 0.15) is 18.3 Å². The van der Waals surface area contributed by atoms with Crippen LogP contribution in [0.3, 0.4) is 0 Å². The Labute approximate surface area is 74.6 Å². The van der Waals surface area contributed by atoms with Crippen LogP contribution < -0.4 is 0 Å². The fraction of sp³-hybridized carbons (Fsp3) is 1.00. The van der Waals surface area contributed by atoms with E-state index in [-0.39, 0.29) is 6.61 Å². The van der Waals surface area contributed by atoms with Crippen LogP contribution in [-0.2, 0) is 9.57 Å². The summed E-state index contributed by atoms with van der Waals surface area (Å²) in [6, 6.07) is 0. The van der Waals surface area contributed by atoms with Gasteiger partial charge in [-0.1, -0.05) is 0 Å². The summed E-state index contributed by atoms with van der Waals surface area (Å²) < 4.78 is 5.06. The van der Waals surface area contributed by atoms with Gasteiger partial charge in [-0.3, -0.25) is 10.4 Å². The summed E-state index contributed by atoms with van der Waals surface area (Å²) in [5, 5.41) is 34.3. The van der Waals surface area contributed by atoms with Gasteiger partial charge in [0.25, 0.3) is 0 Å². The summed E-state index contributed by atoms with van der Waals surface area (Å²) >= 11 is 0. The zero-order valence-electron chi connectivity index (χ0n) is 7.07. The first-order chi connectivity index (χ1) is 6.06. The monoisotopic (exact) mass is 195 g/mol. The average molecular weight is 195 g/mol. The number of rotatable bonds is 3. The van der Waals surface area contributed by atoms with Crippen LogP contribution in [0.15, 0.2) is 0 Å². The van der Waals surface area contributed by atoms with E-state index in [1.54, 1.807) is 6.92 Å². The molecule has 4 N–H and O–H groups in total. The first-order valence-corrected chi connectivity index (χ1v) is 3.85. The minimum Gasteiger partial charge on any atom is -0.394 e. The van der Waals surface area contributed by atoms with Crippen LogP contribution in [0.1, 0.15) is 6.92 Å². The average Bonchev–Trinajstić information content (AvgIpc) is 2.31. The highest BCUT2D eigenvalue weighted by molar-refractivity contribution is 4.88. The molecule has 0 aliphatic carbocycles. The summed E-state index contributed by atoms with van der Waals surface area (Å²) in [6.07, 6.45) is -3.25. The lowest BCUT2D eigenvalue weighted by Gasteiger charge is -2.18. The van der Waals surface area contributed by atoms with Gasteiger partial charge in [0.2, 0.25) is 0 Å². The molecule has 1 heterocycles. The lowest BCUT2D eigenvalue weighted by molar-refractivity contribution is -0.509. The van der Waals surface area contributed by atoms with Crippen molar-refractivity contribution in [2.45, 2.75) is 31.3 Å². The zero-order chi connectivity index (χ0) is 10.0. The standard InChI is InChI=1S/C6H13NO6/c1-3-6(13-7(10)11)5(9)4(2-8)12-3/h3-6,8-11H,2H2,1H3/t3-,4+,5?,6?/m0/s1. The Kier molecular flexibility index (Phi) is 3.56. The van der Waals surface area contributed by atoms with Crippen LogP contribution in [0.2, 0.25) is 0 Å². The summed E-state index contributed by atoms with van der Waals surface area (Å²) in [4.78, 5) is 4.43. The smallest absolute Gasteiger partial charge is 0.139 e. The topological polar surface area (TPSA) is 103 Å². The molecular weight excluding hydrogens is 182 g/mol. The van der Waals surface area contributed by atoms with E-state index in [0.717, 1.165) is 0 Å². The number of hydrogen-bond acceptors (Lipinski definition) is 7. The van der Waals surface area contributed by atoms with Gasteiger partial charge in [0.15, 0.2) is 0 Å². The lowest BCUT2D eigenvalue weighted by Crippen LogP contribution is -2.39. The molecular formula is C6H13NO6. The molecule has 4 atom stereocenters. The van der Waals surface area contributed by atoms with Crippen LogP contribution >= 0.6 is 0 Å². The summed E-state index contributed by atoms with van der Waals surface area (Å²) in [6.45, 7) is 1.25. The molecule has 0 aromatic heterocycles. The quantitative estimate of drug-likeness (QED) is 0.407.